The molecule has 1 aliphatic heterocycles. The fourth-order valence-electron chi connectivity index (χ4n) is 1.91. The van der Waals surface area contributed by atoms with Crippen molar-refractivity contribution in [2.45, 2.75) is 12.5 Å². The summed E-state index contributed by atoms with van der Waals surface area (Å²) in [5.41, 5.74) is 0.991. The van der Waals surface area contributed by atoms with Crippen LogP contribution in [-0.2, 0) is 4.74 Å². The maximum Gasteiger partial charge on any atom is 0.217 e. The van der Waals surface area contributed by atoms with Gasteiger partial charge < -0.3 is 9.47 Å². The Labute approximate surface area is 106 Å². The van der Waals surface area contributed by atoms with Gasteiger partial charge >= 0.3 is 0 Å². The number of ether oxygens (including phenoxy) is 2. The van der Waals surface area contributed by atoms with Crippen LogP contribution in [0.5, 0.6) is 5.88 Å². The molecule has 0 N–H and O–H groups in total. The normalized spacial score (nSPS) is 18.8. The molecular formula is C14H14N2O2. The minimum Gasteiger partial charge on any atom is -0.472 e. The average Bonchev–Trinajstić information content (AvgIpc) is 2.93. The first-order valence-electron chi connectivity index (χ1n) is 6.05. The van der Waals surface area contributed by atoms with Gasteiger partial charge in [0.05, 0.1) is 13.2 Å². The number of rotatable bonds is 3. The molecule has 0 saturated carbocycles. The molecule has 0 aliphatic carbocycles. The summed E-state index contributed by atoms with van der Waals surface area (Å²) in [6, 6.07) is 11.7. The van der Waals surface area contributed by atoms with E-state index >= 15 is 0 Å². The number of hydrogen-bond acceptors (Lipinski definition) is 4. The van der Waals surface area contributed by atoms with E-state index in [0.717, 1.165) is 18.6 Å². The van der Waals surface area contributed by atoms with Gasteiger partial charge in [-0.3, -0.25) is 0 Å². The zero-order valence-corrected chi connectivity index (χ0v) is 9.95. The van der Waals surface area contributed by atoms with Gasteiger partial charge in [-0.15, -0.1) is 0 Å². The quantitative estimate of drug-likeness (QED) is 0.828. The van der Waals surface area contributed by atoms with Crippen molar-refractivity contribution in [1.29, 1.82) is 0 Å². The third kappa shape index (κ3) is 2.49. The lowest BCUT2D eigenvalue weighted by molar-refractivity contribution is 0.138. The maximum atomic E-state index is 5.76. The second-order valence-corrected chi connectivity index (χ2v) is 4.19. The van der Waals surface area contributed by atoms with Gasteiger partial charge in [0, 0.05) is 24.2 Å². The molecule has 4 nitrogen and oxygen atoms in total. The van der Waals surface area contributed by atoms with Crippen molar-refractivity contribution in [2.24, 2.45) is 0 Å². The number of nitrogens with zero attached hydrogens (tertiary/aromatic N) is 2. The fraction of sp³-hybridized carbons (Fsp3) is 0.286. The monoisotopic (exact) mass is 242 g/mol. The third-order valence-electron chi connectivity index (χ3n) is 2.84. The van der Waals surface area contributed by atoms with E-state index < -0.39 is 0 Å². The van der Waals surface area contributed by atoms with Crippen LogP contribution in [0.2, 0.25) is 0 Å². The smallest absolute Gasteiger partial charge is 0.217 e. The van der Waals surface area contributed by atoms with Crippen molar-refractivity contribution in [2.75, 3.05) is 13.2 Å². The van der Waals surface area contributed by atoms with Crippen LogP contribution >= 0.6 is 0 Å². The molecule has 0 amide bonds. The van der Waals surface area contributed by atoms with Crippen LogP contribution < -0.4 is 4.74 Å². The van der Waals surface area contributed by atoms with Gasteiger partial charge in [-0.2, -0.15) is 4.98 Å². The molecule has 3 rings (SSSR count). The van der Waals surface area contributed by atoms with Gasteiger partial charge in [0.15, 0.2) is 5.82 Å². The lowest BCUT2D eigenvalue weighted by Crippen LogP contribution is -2.16. The van der Waals surface area contributed by atoms with E-state index in [-0.39, 0.29) is 6.10 Å². The summed E-state index contributed by atoms with van der Waals surface area (Å²) in [6.45, 7) is 1.41. The summed E-state index contributed by atoms with van der Waals surface area (Å²) >= 11 is 0. The highest BCUT2D eigenvalue weighted by Gasteiger charge is 2.17. The molecule has 1 atom stereocenters. The summed E-state index contributed by atoms with van der Waals surface area (Å²) in [7, 11) is 0. The van der Waals surface area contributed by atoms with Crippen LogP contribution in [0.4, 0.5) is 0 Å². The molecule has 1 aliphatic rings. The van der Waals surface area contributed by atoms with Crippen molar-refractivity contribution in [3.05, 3.63) is 42.6 Å². The Morgan fingerprint density at radius 2 is 2.06 bits per heavy atom. The number of hydrogen-bond donors (Lipinski definition) is 0. The van der Waals surface area contributed by atoms with Crippen LogP contribution in [-0.4, -0.2) is 29.3 Å². The molecule has 18 heavy (non-hydrogen) atoms. The molecule has 0 spiro atoms. The van der Waals surface area contributed by atoms with Crippen LogP contribution in [0.3, 0.4) is 0 Å². The fourth-order valence-corrected chi connectivity index (χ4v) is 1.91. The van der Waals surface area contributed by atoms with Gasteiger partial charge in [0.2, 0.25) is 5.88 Å². The first-order valence-corrected chi connectivity index (χ1v) is 6.05. The van der Waals surface area contributed by atoms with Crippen molar-refractivity contribution >= 4 is 0 Å². The zero-order valence-electron chi connectivity index (χ0n) is 9.95. The van der Waals surface area contributed by atoms with Crippen molar-refractivity contribution in [3.63, 3.8) is 0 Å². The molecule has 1 fully saturated rings. The standard InChI is InChI=1S/C14H14N2O2/c1-2-4-11(5-3-1)14-15-8-6-13(16-14)18-12-7-9-17-10-12/h1-6,8,12H,7,9-10H2/t12-/m1/s1. The van der Waals surface area contributed by atoms with Crippen LogP contribution in [0.15, 0.2) is 42.6 Å². The minimum atomic E-state index is 0.114. The Bertz CT molecular complexity index is 510. The lowest BCUT2D eigenvalue weighted by atomic mass is 10.2. The molecule has 1 aromatic heterocycles. The summed E-state index contributed by atoms with van der Waals surface area (Å²) < 4.78 is 11.0. The first kappa shape index (κ1) is 11.2. The van der Waals surface area contributed by atoms with Crippen molar-refractivity contribution in [3.8, 4) is 17.3 Å². The topological polar surface area (TPSA) is 44.2 Å². The van der Waals surface area contributed by atoms with Crippen LogP contribution in [0.25, 0.3) is 11.4 Å². The second-order valence-electron chi connectivity index (χ2n) is 4.19. The Hall–Kier alpha value is -1.94. The molecule has 0 unspecified atom stereocenters. The first-order chi connectivity index (χ1) is 8.92. The maximum absolute atomic E-state index is 5.76. The lowest BCUT2D eigenvalue weighted by Gasteiger charge is -2.11. The number of benzene rings is 1. The third-order valence-corrected chi connectivity index (χ3v) is 2.84. The summed E-state index contributed by atoms with van der Waals surface area (Å²) in [6.07, 6.45) is 2.76. The molecule has 0 radical (unpaired) electrons. The Kier molecular flexibility index (Phi) is 3.19. The summed E-state index contributed by atoms with van der Waals surface area (Å²) in [5, 5.41) is 0. The van der Waals surface area contributed by atoms with E-state index in [1.54, 1.807) is 12.3 Å². The summed E-state index contributed by atoms with van der Waals surface area (Å²) in [4.78, 5) is 8.68. The molecule has 0 bridgehead atoms. The highest BCUT2D eigenvalue weighted by atomic mass is 16.5. The summed E-state index contributed by atoms with van der Waals surface area (Å²) in [5.74, 6) is 1.30. The van der Waals surface area contributed by atoms with E-state index in [0.29, 0.717) is 18.3 Å². The highest BCUT2D eigenvalue weighted by Crippen LogP contribution is 2.19. The van der Waals surface area contributed by atoms with Gasteiger partial charge in [-0.25, -0.2) is 4.98 Å². The van der Waals surface area contributed by atoms with Gasteiger partial charge in [-0.1, -0.05) is 30.3 Å². The van der Waals surface area contributed by atoms with E-state index in [1.807, 2.05) is 30.3 Å². The SMILES string of the molecule is c1ccc(-c2nccc(O[C@@H]3CCOC3)n2)cc1. The minimum absolute atomic E-state index is 0.114. The average molecular weight is 242 g/mol. The Morgan fingerprint density at radius 1 is 1.17 bits per heavy atom. The highest BCUT2D eigenvalue weighted by molar-refractivity contribution is 5.54. The van der Waals surface area contributed by atoms with Gasteiger partial charge in [0.1, 0.15) is 6.10 Å². The van der Waals surface area contributed by atoms with Gasteiger partial charge in [0.25, 0.3) is 0 Å². The molecular weight excluding hydrogens is 228 g/mol. The Morgan fingerprint density at radius 3 is 2.83 bits per heavy atom. The molecule has 2 heterocycles. The molecule has 1 saturated heterocycles. The second kappa shape index (κ2) is 5.14. The molecule has 2 aromatic rings. The van der Waals surface area contributed by atoms with Crippen molar-refractivity contribution in [1.82, 2.24) is 9.97 Å². The van der Waals surface area contributed by atoms with Crippen LogP contribution in [0, 0.1) is 0 Å². The van der Waals surface area contributed by atoms with E-state index in [2.05, 4.69) is 9.97 Å². The molecule has 92 valence electrons. The molecule has 4 heteroatoms. The Balaban J connectivity index is 1.80. The van der Waals surface area contributed by atoms with E-state index in [9.17, 15) is 0 Å². The van der Waals surface area contributed by atoms with Crippen molar-refractivity contribution < 1.29 is 9.47 Å². The van der Waals surface area contributed by atoms with E-state index in [1.165, 1.54) is 0 Å². The molecule has 1 aromatic carbocycles. The largest absolute Gasteiger partial charge is 0.472 e. The van der Waals surface area contributed by atoms with Crippen LogP contribution in [0.1, 0.15) is 6.42 Å². The van der Waals surface area contributed by atoms with E-state index in [4.69, 9.17) is 9.47 Å². The van der Waals surface area contributed by atoms with Gasteiger partial charge in [-0.05, 0) is 0 Å². The zero-order chi connectivity index (χ0) is 12.2. The predicted molar refractivity (Wildman–Crippen MR) is 67.3 cm³/mol. The number of aromatic nitrogens is 2. The predicted octanol–water partition coefficient (Wildman–Crippen LogP) is 2.31.